The number of halogens is 6. The Morgan fingerprint density at radius 3 is 0.593 bits per heavy atom. The van der Waals surface area contributed by atoms with Crippen molar-refractivity contribution in [2.24, 2.45) is 23.7 Å². The van der Waals surface area contributed by atoms with Crippen LogP contribution in [0.25, 0.3) is 22.3 Å². The quantitative estimate of drug-likeness (QED) is 0.0808. The van der Waals surface area contributed by atoms with Gasteiger partial charge in [0.15, 0.2) is 0 Å². The van der Waals surface area contributed by atoms with Crippen molar-refractivity contribution in [1.82, 2.24) is 0 Å². The summed E-state index contributed by atoms with van der Waals surface area (Å²) in [6.45, 7) is 16.1. The zero-order chi connectivity index (χ0) is 60.1. The fourth-order valence-electron chi connectivity index (χ4n) is 9.98. The molecule has 4 aliphatic rings. The zero-order valence-corrected chi connectivity index (χ0v) is 60.4. The normalized spacial score (nSPS) is 16.7. The number of benzene rings is 8. The zero-order valence-electron chi connectivity index (χ0n) is 49.7. The van der Waals surface area contributed by atoms with E-state index >= 15 is 0 Å². The van der Waals surface area contributed by atoms with E-state index in [1.807, 2.05) is 101 Å². The Labute approximate surface area is 551 Å². The van der Waals surface area contributed by atoms with Crippen LogP contribution >= 0.6 is 0 Å². The van der Waals surface area contributed by atoms with Gasteiger partial charge in [-0.1, -0.05) is 174 Å². The molecule has 4 aliphatic carbocycles. The molecule has 0 spiro atoms. The van der Waals surface area contributed by atoms with Crippen LogP contribution in [0.2, 0.25) is 0 Å². The van der Waals surface area contributed by atoms with Crippen LogP contribution in [0.15, 0.2) is 265 Å². The van der Waals surface area contributed by atoms with Crippen LogP contribution in [0, 0.1) is 71.2 Å². The Morgan fingerprint density at radius 2 is 0.442 bits per heavy atom. The van der Waals surface area contributed by atoms with E-state index in [1.165, 1.54) is 91.0 Å². The monoisotopic (exact) mass is 1540 g/mol. The Kier molecular flexibility index (Phi) is 29.5. The first-order valence-corrected chi connectivity index (χ1v) is 41.9. The van der Waals surface area contributed by atoms with Gasteiger partial charge in [-0.3, -0.25) is 24.3 Å². The van der Waals surface area contributed by atoms with Gasteiger partial charge in [0.1, 0.15) is 23.3 Å². The van der Waals surface area contributed by atoms with Crippen LogP contribution in [0.4, 0.5) is 17.6 Å². The molecule has 86 heavy (non-hydrogen) atoms. The number of hydrogen-bond acceptors (Lipinski definition) is 0. The number of hydrogen-bond donors (Lipinski definition) is 0. The second-order valence-corrected chi connectivity index (χ2v) is 35.3. The molecule has 10 heteroatoms. The molecule has 12 rings (SSSR count). The Hall–Kier alpha value is -5.85. The first kappa shape index (κ1) is 70.9. The minimum atomic E-state index is -0.406. The fourth-order valence-corrected chi connectivity index (χ4v) is 19.9. The average Bonchev–Trinajstić information content (AvgIpc) is 2.80. The Bertz CT molecular complexity index is 3320. The second-order valence-electron chi connectivity index (χ2n) is 20.7. The maximum absolute atomic E-state index is 13.5. The summed E-state index contributed by atoms with van der Waals surface area (Å²) < 4.78 is 53.8. The molecule has 8 aromatic rings. The molecule has 0 heterocycles. The molecule has 0 radical (unpaired) electrons. The van der Waals surface area contributed by atoms with Gasteiger partial charge in [-0.15, -0.1) is 0 Å². The van der Waals surface area contributed by atoms with Gasteiger partial charge < -0.3 is 24.8 Å². The molecule has 8 aromatic carbocycles. The van der Waals surface area contributed by atoms with Crippen LogP contribution in [-0.2, 0) is 46.0 Å². The van der Waals surface area contributed by atoms with Crippen LogP contribution < -0.4 is 45.6 Å². The van der Waals surface area contributed by atoms with E-state index in [9.17, 15) is 17.6 Å². The Balaban J connectivity index is 0.000000187. The number of allylic oxidation sites excluding steroid dienone is 16. The molecule has 0 fully saturated rings. The summed E-state index contributed by atoms with van der Waals surface area (Å²) in [5.74, 6) is 0.550. The summed E-state index contributed by atoms with van der Waals surface area (Å²) in [4.78, 5) is 0. The van der Waals surface area contributed by atoms with Gasteiger partial charge in [0.05, 0.1) is 0 Å². The first-order chi connectivity index (χ1) is 40.5. The van der Waals surface area contributed by atoms with Crippen molar-refractivity contribution in [2.75, 3.05) is 0 Å². The van der Waals surface area contributed by atoms with Crippen LogP contribution in [0.1, 0.15) is 77.6 Å². The van der Waals surface area contributed by atoms with E-state index in [2.05, 4.69) is 173 Å². The van der Waals surface area contributed by atoms with Crippen LogP contribution in [0.3, 0.4) is 0 Å². The molecule has 0 aliphatic heterocycles. The third-order valence-electron chi connectivity index (χ3n) is 14.0. The third kappa shape index (κ3) is 20.6. The topological polar surface area (TPSA) is 0 Å². The molecule has 0 saturated heterocycles. The van der Waals surface area contributed by atoms with Crippen molar-refractivity contribution < 1.29 is 88.4 Å². The number of rotatable bonds is 8. The van der Waals surface area contributed by atoms with Crippen molar-refractivity contribution >= 4 is 54.0 Å². The van der Waals surface area contributed by atoms with E-state index in [0.717, 1.165) is 44.6 Å². The summed E-state index contributed by atoms with van der Waals surface area (Å²) in [5, 5.41) is 6.15. The molecule has 0 N–H and O–H groups in total. The summed E-state index contributed by atoms with van der Waals surface area (Å²) in [7, 11) is 0. The van der Waals surface area contributed by atoms with Gasteiger partial charge >= 0.3 is 199 Å². The van der Waals surface area contributed by atoms with E-state index in [4.69, 9.17) is 0 Å². The van der Waals surface area contributed by atoms with Gasteiger partial charge in [0, 0.05) is 0 Å². The van der Waals surface area contributed by atoms with Crippen molar-refractivity contribution in [1.29, 1.82) is 0 Å². The third-order valence-corrected chi connectivity index (χ3v) is 30.1. The van der Waals surface area contributed by atoms with Crippen molar-refractivity contribution in [3.05, 3.63) is 335 Å². The molecule has 0 bridgehead atoms. The summed E-state index contributed by atoms with van der Waals surface area (Å²) in [6.07, 6.45) is 21.2. The molecular weight excluding hydrogens is 1470 g/mol. The maximum atomic E-state index is 13.5. The second kappa shape index (κ2) is 35.8. The summed E-state index contributed by atoms with van der Waals surface area (Å²) in [5.41, 5.74) is 10.0. The van der Waals surface area contributed by atoms with E-state index in [-0.39, 0.29) is 48.1 Å². The fraction of sp³-hybridized carbons (Fsp3) is 0.158. The van der Waals surface area contributed by atoms with Crippen molar-refractivity contribution in [3.8, 4) is 0 Å². The molecule has 432 valence electrons. The molecule has 0 saturated carbocycles. The Morgan fingerprint density at radius 1 is 0.279 bits per heavy atom. The van der Waals surface area contributed by atoms with Crippen molar-refractivity contribution in [2.45, 2.75) is 55.4 Å². The molecule has 0 amide bonds. The summed E-state index contributed by atoms with van der Waals surface area (Å²) >= 11 is 2.53. The van der Waals surface area contributed by atoms with E-state index in [0.29, 0.717) is 45.9 Å². The first-order valence-electron chi connectivity index (χ1n) is 28.2. The van der Waals surface area contributed by atoms with E-state index in [1.54, 1.807) is 24.3 Å². The average molecular weight is 1540 g/mol. The predicted octanol–water partition coefficient (Wildman–Crippen LogP) is 11.1. The van der Waals surface area contributed by atoms with Gasteiger partial charge in [-0.05, 0) is 24.3 Å². The molecule has 4 unspecified atom stereocenters. The van der Waals surface area contributed by atoms with Crippen LogP contribution in [0.5, 0.6) is 0 Å². The molecule has 0 nitrogen and oxygen atoms in total. The van der Waals surface area contributed by atoms with Gasteiger partial charge in [-0.2, -0.15) is 46.6 Å². The SMILES string of the molecule is CC1=[C-]C(C)C=C1c1ccccc1F.CC1=[C-]C(C)C=C1c1ccccc1F.CC1=[C-]C(C)C=C1c1ccccc1F.CC1=[C-]C(C)C=C1c1ccccc1F.[Cl-].[Cl-].[Hf+2]=[Si](c1ccccc1)c1ccccc1.[Hf+2]=[Si](c1ccccc1)c1ccccc1. The van der Waals surface area contributed by atoms with E-state index < -0.39 is 11.0 Å². The van der Waals surface area contributed by atoms with Crippen molar-refractivity contribution in [3.63, 3.8) is 0 Å². The predicted molar refractivity (Wildman–Crippen MR) is 340 cm³/mol. The molecular formula is C76H68Cl2F4Hf2Si2-2. The van der Waals surface area contributed by atoms with Crippen LogP contribution in [-0.4, -0.2) is 11.0 Å². The minimum absolute atomic E-state index is 0. The molecule has 0 aromatic heterocycles. The van der Waals surface area contributed by atoms with Gasteiger partial charge in [0.25, 0.3) is 0 Å². The van der Waals surface area contributed by atoms with Gasteiger partial charge in [0.2, 0.25) is 0 Å². The summed E-state index contributed by atoms with van der Waals surface area (Å²) in [6, 6.07) is 71.0. The molecule has 4 atom stereocenters. The van der Waals surface area contributed by atoms with Gasteiger partial charge in [-0.25, -0.2) is 39.9 Å². The standard InChI is InChI=1S/4C13H12F.2C12H10Si.2ClH.2Hf/c4*1-9-7-10(2)12(8-9)11-5-3-4-6-13(11)14;2*1-3-7-11(8-4-1)13-12-9-5-2-6-10-12;;;;/h4*3-6,8-9H,1-2H3;2*1-10H;2*1H;;/q4*-1;;;;;2*+2/p-2.